The lowest BCUT2D eigenvalue weighted by atomic mass is 10.1. The van der Waals surface area contributed by atoms with E-state index in [9.17, 15) is 0 Å². The van der Waals surface area contributed by atoms with Crippen molar-refractivity contribution < 1.29 is 0 Å². The quantitative estimate of drug-likeness (QED) is 0.810. The van der Waals surface area contributed by atoms with E-state index < -0.39 is 0 Å². The maximum absolute atomic E-state index is 9.00. The van der Waals surface area contributed by atoms with Crippen LogP contribution in [0, 0.1) is 17.2 Å². The molecule has 3 heteroatoms. The summed E-state index contributed by atoms with van der Waals surface area (Å²) in [6.45, 7) is 4.98. The summed E-state index contributed by atoms with van der Waals surface area (Å²) in [5.41, 5.74) is 7.86. The summed E-state index contributed by atoms with van der Waals surface area (Å²) in [6, 6.07) is 10.3. The Balaban J connectivity index is 2.08. The molecule has 1 saturated heterocycles. The third-order valence-corrected chi connectivity index (χ3v) is 3.28. The second kappa shape index (κ2) is 4.65. The molecule has 0 spiro atoms. The summed E-state index contributed by atoms with van der Waals surface area (Å²) < 4.78 is 0. The highest BCUT2D eigenvalue weighted by atomic mass is 15.2. The van der Waals surface area contributed by atoms with Crippen molar-refractivity contribution in [2.75, 3.05) is 13.1 Å². The average Bonchev–Trinajstić information content (AvgIpc) is 2.59. The first kappa shape index (κ1) is 11.1. The smallest absolute Gasteiger partial charge is 0.0995 e. The lowest BCUT2D eigenvalue weighted by Gasteiger charge is -2.15. The van der Waals surface area contributed by atoms with Crippen LogP contribution in [0.3, 0.4) is 0 Å². The zero-order chi connectivity index (χ0) is 11.5. The highest BCUT2D eigenvalue weighted by molar-refractivity contribution is 5.37. The van der Waals surface area contributed by atoms with Gasteiger partial charge in [-0.15, -0.1) is 0 Å². The lowest BCUT2D eigenvalue weighted by molar-refractivity contribution is 0.318. The monoisotopic (exact) mass is 215 g/mol. The van der Waals surface area contributed by atoms with E-state index in [-0.39, 0.29) is 6.04 Å². The predicted octanol–water partition coefficient (Wildman–Crippen LogP) is 1.34. The number of nitrogens with zero attached hydrogens (tertiary/aromatic N) is 2. The summed E-state index contributed by atoms with van der Waals surface area (Å²) >= 11 is 0. The second-order valence-corrected chi connectivity index (χ2v) is 4.60. The second-order valence-electron chi connectivity index (χ2n) is 4.60. The van der Waals surface area contributed by atoms with Gasteiger partial charge in [-0.2, -0.15) is 5.26 Å². The van der Waals surface area contributed by atoms with Crippen LogP contribution in [0.2, 0.25) is 0 Å². The fourth-order valence-corrected chi connectivity index (χ4v) is 2.23. The van der Waals surface area contributed by atoms with Crippen molar-refractivity contribution in [2.24, 2.45) is 11.7 Å². The number of likely N-dealkylation sites (tertiary alicyclic amines) is 1. The van der Waals surface area contributed by atoms with Gasteiger partial charge in [-0.05, 0) is 17.5 Å². The molecule has 0 aromatic heterocycles. The van der Waals surface area contributed by atoms with Gasteiger partial charge in [-0.3, -0.25) is 4.90 Å². The van der Waals surface area contributed by atoms with Crippen LogP contribution in [0.5, 0.6) is 0 Å². The number of hydrogen-bond acceptors (Lipinski definition) is 3. The first-order valence-electron chi connectivity index (χ1n) is 5.66. The number of hydrogen-bond donors (Lipinski definition) is 1. The first-order valence-corrected chi connectivity index (χ1v) is 5.66. The standard InChI is InChI=1S/C13H17N3/c1-10-7-16(9-13(10)15)8-12-5-3-2-4-11(12)6-14/h2-5,10,13H,7-9,15H2,1H3. The Morgan fingerprint density at radius 3 is 2.81 bits per heavy atom. The topological polar surface area (TPSA) is 53.0 Å². The average molecular weight is 215 g/mol. The van der Waals surface area contributed by atoms with Gasteiger partial charge in [-0.1, -0.05) is 25.1 Å². The minimum atomic E-state index is 0.272. The zero-order valence-corrected chi connectivity index (χ0v) is 9.56. The number of rotatable bonds is 2. The van der Waals surface area contributed by atoms with Crippen LogP contribution in [0.25, 0.3) is 0 Å². The zero-order valence-electron chi connectivity index (χ0n) is 9.56. The highest BCUT2D eigenvalue weighted by Gasteiger charge is 2.26. The highest BCUT2D eigenvalue weighted by Crippen LogP contribution is 2.18. The molecule has 0 bridgehead atoms. The number of benzene rings is 1. The van der Waals surface area contributed by atoms with E-state index in [1.807, 2.05) is 24.3 Å². The molecule has 3 nitrogen and oxygen atoms in total. The minimum absolute atomic E-state index is 0.272. The Kier molecular flexibility index (Phi) is 3.23. The fourth-order valence-electron chi connectivity index (χ4n) is 2.23. The van der Waals surface area contributed by atoms with E-state index in [0.29, 0.717) is 5.92 Å². The van der Waals surface area contributed by atoms with Crippen molar-refractivity contribution in [3.05, 3.63) is 35.4 Å². The summed E-state index contributed by atoms with van der Waals surface area (Å²) in [5.74, 6) is 0.550. The summed E-state index contributed by atoms with van der Waals surface area (Å²) in [6.07, 6.45) is 0. The van der Waals surface area contributed by atoms with Crippen LogP contribution in [0.1, 0.15) is 18.1 Å². The van der Waals surface area contributed by atoms with Gasteiger partial charge in [-0.25, -0.2) is 0 Å². The van der Waals surface area contributed by atoms with Crippen LogP contribution < -0.4 is 5.73 Å². The predicted molar refractivity (Wildman–Crippen MR) is 63.6 cm³/mol. The molecule has 16 heavy (non-hydrogen) atoms. The molecule has 1 aromatic carbocycles. The van der Waals surface area contributed by atoms with Crippen LogP contribution in [0.15, 0.2) is 24.3 Å². The van der Waals surface area contributed by atoms with Crippen LogP contribution >= 0.6 is 0 Å². The molecular formula is C13H17N3. The van der Waals surface area contributed by atoms with Crippen molar-refractivity contribution in [3.63, 3.8) is 0 Å². The number of nitrogens with two attached hydrogens (primary N) is 1. The summed E-state index contributed by atoms with van der Waals surface area (Å²) in [5, 5.41) is 9.00. The maximum Gasteiger partial charge on any atom is 0.0995 e. The first-order chi connectivity index (χ1) is 7.70. The van der Waals surface area contributed by atoms with E-state index in [4.69, 9.17) is 11.0 Å². The lowest BCUT2D eigenvalue weighted by Crippen LogP contribution is -2.28. The molecular weight excluding hydrogens is 198 g/mol. The molecule has 1 heterocycles. The van der Waals surface area contributed by atoms with Crippen LogP contribution in [-0.4, -0.2) is 24.0 Å². The maximum atomic E-state index is 9.00. The van der Waals surface area contributed by atoms with Gasteiger partial charge < -0.3 is 5.73 Å². The molecule has 84 valence electrons. The van der Waals surface area contributed by atoms with Crippen molar-refractivity contribution >= 4 is 0 Å². The Labute approximate surface area is 96.5 Å². The molecule has 2 atom stereocenters. The van der Waals surface area contributed by atoms with E-state index in [0.717, 1.165) is 30.8 Å². The van der Waals surface area contributed by atoms with Crippen LogP contribution in [0.4, 0.5) is 0 Å². The van der Waals surface area contributed by atoms with E-state index >= 15 is 0 Å². The van der Waals surface area contributed by atoms with Gasteiger partial charge in [0.05, 0.1) is 11.6 Å². The molecule has 0 aliphatic carbocycles. The molecule has 1 fully saturated rings. The Morgan fingerprint density at radius 1 is 1.44 bits per heavy atom. The van der Waals surface area contributed by atoms with Gasteiger partial charge in [0.15, 0.2) is 0 Å². The van der Waals surface area contributed by atoms with Crippen molar-refractivity contribution in [2.45, 2.75) is 19.5 Å². The van der Waals surface area contributed by atoms with Gasteiger partial charge in [0.25, 0.3) is 0 Å². The van der Waals surface area contributed by atoms with Gasteiger partial charge in [0, 0.05) is 25.7 Å². The third-order valence-electron chi connectivity index (χ3n) is 3.28. The van der Waals surface area contributed by atoms with Gasteiger partial charge in [0.2, 0.25) is 0 Å². The summed E-state index contributed by atoms with van der Waals surface area (Å²) in [7, 11) is 0. The number of nitriles is 1. The Bertz CT molecular complexity index is 398. The molecule has 0 amide bonds. The van der Waals surface area contributed by atoms with Gasteiger partial charge >= 0.3 is 0 Å². The largest absolute Gasteiger partial charge is 0.326 e. The molecule has 2 rings (SSSR count). The molecule has 2 unspecified atom stereocenters. The molecule has 1 aliphatic rings. The van der Waals surface area contributed by atoms with Gasteiger partial charge in [0.1, 0.15) is 0 Å². The van der Waals surface area contributed by atoms with Crippen molar-refractivity contribution in [1.29, 1.82) is 5.26 Å². The summed E-state index contributed by atoms with van der Waals surface area (Å²) in [4.78, 5) is 2.32. The molecule has 0 radical (unpaired) electrons. The molecule has 1 aliphatic heterocycles. The SMILES string of the molecule is CC1CN(Cc2ccccc2C#N)CC1N. The van der Waals surface area contributed by atoms with Crippen molar-refractivity contribution in [3.8, 4) is 6.07 Å². The Hall–Kier alpha value is -1.37. The molecule has 0 saturated carbocycles. The minimum Gasteiger partial charge on any atom is -0.326 e. The van der Waals surface area contributed by atoms with E-state index in [1.165, 1.54) is 0 Å². The molecule has 1 aromatic rings. The normalized spacial score (nSPS) is 25.6. The fraction of sp³-hybridized carbons (Fsp3) is 0.462. The van der Waals surface area contributed by atoms with E-state index in [2.05, 4.69) is 17.9 Å². The Morgan fingerprint density at radius 2 is 2.19 bits per heavy atom. The van der Waals surface area contributed by atoms with Crippen molar-refractivity contribution in [1.82, 2.24) is 4.90 Å². The van der Waals surface area contributed by atoms with E-state index in [1.54, 1.807) is 0 Å². The third kappa shape index (κ3) is 2.24. The molecule has 2 N–H and O–H groups in total. The van der Waals surface area contributed by atoms with Crippen LogP contribution in [-0.2, 0) is 6.54 Å².